The largest absolute Gasteiger partial charge is 0.488 e. The molecule has 0 saturated heterocycles. The van der Waals surface area contributed by atoms with E-state index in [0.29, 0.717) is 12.6 Å². The van der Waals surface area contributed by atoms with Crippen molar-refractivity contribution in [3.05, 3.63) is 29.8 Å². The average molecular weight is 377 g/mol. The summed E-state index contributed by atoms with van der Waals surface area (Å²) in [4.78, 5) is 6.83. The van der Waals surface area contributed by atoms with Gasteiger partial charge in [0.25, 0.3) is 0 Å². The molecule has 2 N–H and O–H groups in total. The Kier molecular flexibility index (Phi) is 10.2. The lowest BCUT2D eigenvalue weighted by Crippen LogP contribution is -2.42. The molecule has 0 amide bonds. The normalized spacial score (nSPS) is 13.6. The number of aliphatic imine (C=N–C) groups is 1. The molecule has 1 unspecified atom stereocenters. The van der Waals surface area contributed by atoms with E-state index in [2.05, 4.69) is 68.1 Å². The van der Waals surface area contributed by atoms with Crippen molar-refractivity contribution >= 4 is 5.96 Å². The van der Waals surface area contributed by atoms with Crippen LogP contribution in [0.5, 0.6) is 5.75 Å². The maximum Gasteiger partial charge on any atom is 0.191 e. The third-order valence-electron chi connectivity index (χ3n) is 4.45. The van der Waals surface area contributed by atoms with Crippen molar-refractivity contribution in [2.45, 2.75) is 72.6 Å². The van der Waals surface area contributed by atoms with Gasteiger partial charge in [-0.15, -0.1) is 0 Å². The molecule has 0 aliphatic rings. The molecule has 5 nitrogen and oxygen atoms in total. The van der Waals surface area contributed by atoms with Gasteiger partial charge in [0, 0.05) is 25.2 Å². The molecule has 1 rings (SSSR count). The van der Waals surface area contributed by atoms with Crippen molar-refractivity contribution in [3.63, 3.8) is 0 Å². The zero-order valence-corrected chi connectivity index (χ0v) is 18.4. The van der Waals surface area contributed by atoms with E-state index in [1.807, 2.05) is 25.2 Å². The van der Waals surface area contributed by atoms with Gasteiger partial charge >= 0.3 is 0 Å². The molecule has 0 spiro atoms. The number of hydrogen-bond donors (Lipinski definition) is 2. The minimum atomic E-state index is -0.213. The number of rotatable bonds is 10. The van der Waals surface area contributed by atoms with Crippen molar-refractivity contribution in [1.82, 2.24) is 15.5 Å². The second-order valence-corrected chi connectivity index (χ2v) is 7.96. The molecule has 154 valence electrons. The molecule has 5 heteroatoms. The van der Waals surface area contributed by atoms with Crippen molar-refractivity contribution in [1.29, 1.82) is 0 Å². The van der Waals surface area contributed by atoms with E-state index in [1.165, 1.54) is 6.42 Å². The van der Waals surface area contributed by atoms with Gasteiger partial charge in [-0.2, -0.15) is 0 Å². The van der Waals surface area contributed by atoms with Crippen LogP contribution in [-0.2, 0) is 6.54 Å². The lowest BCUT2D eigenvalue weighted by Gasteiger charge is -2.24. The van der Waals surface area contributed by atoms with Crippen LogP contribution >= 0.6 is 0 Å². The van der Waals surface area contributed by atoms with E-state index < -0.39 is 0 Å². The van der Waals surface area contributed by atoms with Gasteiger partial charge in [0.1, 0.15) is 11.4 Å². The van der Waals surface area contributed by atoms with Gasteiger partial charge < -0.3 is 20.3 Å². The lowest BCUT2D eigenvalue weighted by molar-refractivity contribution is 0.129. The number of hydrogen-bond acceptors (Lipinski definition) is 3. The van der Waals surface area contributed by atoms with E-state index in [0.717, 1.165) is 43.3 Å². The zero-order valence-electron chi connectivity index (χ0n) is 18.4. The summed E-state index contributed by atoms with van der Waals surface area (Å²) < 4.78 is 6.07. The summed E-state index contributed by atoms with van der Waals surface area (Å²) >= 11 is 0. The molecule has 1 aromatic carbocycles. The van der Waals surface area contributed by atoms with E-state index in [4.69, 9.17) is 4.74 Å². The summed E-state index contributed by atoms with van der Waals surface area (Å²) in [5, 5.41) is 6.91. The summed E-state index contributed by atoms with van der Waals surface area (Å²) in [7, 11) is 1.81. The highest BCUT2D eigenvalue weighted by Gasteiger charge is 2.14. The standard InChI is InChI=1S/C22H40N4O/c1-8-26(9-2)16-12-13-18(3)25-21(23-7)24-17-19-14-10-11-15-20(19)27-22(4,5)6/h10-11,14-15,18H,8-9,12-13,16-17H2,1-7H3,(H2,23,24,25). The van der Waals surface area contributed by atoms with E-state index in [1.54, 1.807) is 0 Å². The monoisotopic (exact) mass is 376 g/mol. The van der Waals surface area contributed by atoms with Crippen LogP contribution in [0.2, 0.25) is 0 Å². The fraction of sp³-hybridized carbons (Fsp3) is 0.682. The Bertz CT molecular complexity index is 562. The van der Waals surface area contributed by atoms with Crippen LogP contribution < -0.4 is 15.4 Å². The maximum absolute atomic E-state index is 6.07. The van der Waals surface area contributed by atoms with Crippen molar-refractivity contribution in [2.75, 3.05) is 26.7 Å². The van der Waals surface area contributed by atoms with Gasteiger partial charge in [-0.25, -0.2) is 0 Å². The van der Waals surface area contributed by atoms with Crippen LogP contribution in [0, 0.1) is 0 Å². The fourth-order valence-electron chi connectivity index (χ4n) is 2.92. The third-order valence-corrected chi connectivity index (χ3v) is 4.45. The number of ether oxygens (including phenoxy) is 1. The van der Waals surface area contributed by atoms with E-state index in [9.17, 15) is 0 Å². The first-order chi connectivity index (χ1) is 12.8. The summed E-state index contributed by atoms with van der Waals surface area (Å²) in [5.74, 6) is 1.75. The number of nitrogens with zero attached hydrogens (tertiary/aromatic N) is 2. The lowest BCUT2D eigenvalue weighted by atomic mass is 10.1. The Hall–Kier alpha value is -1.75. The van der Waals surface area contributed by atoms with Crippen molar-refractivity contribution in [2.24, 2.45) is 4.99 Å². The SMILES string of the molecule is CCN(CC)CCCC(C)NC(=NC)NCc1ccccc1OC(C)(C)C. The molecule has 0 heterocycles. The maximum atomic E-state index is 6.07. The second-order valence-electron chi connectivity index (χ2n) is 7.96. The fourth-order valence-corrected chi connectivity index (χ4v) is 2.92. The van der Waals surface area contributed by atoms with Crippen LogP contribution in [-0.4, -0.2) is 49.2 Å². The van der Waals surface area contributed by atoms with Crippen LogP contribution in [0.4, 0.5) is 0 Å². The molecule has 27 heavy (non-hydrogen) atoms. The van der Waals surface area contributed by atoms with E-state index in [-0.39, 0.29) is 5.60 Å². The van der Waals surface area contributed by atoms with Crippen molar-refractivity contribution < 1.29 is 4.74 Å². The Morgan fingerprint density at radius 3 is 2.44 bits per heavy atom. The van der Waals surface area contributed by atoms with Crippen LogP contribution in [0.3, 0.4) is 0 Å². The summed E-state index contributed by atoms with van der Waals surface area (Å²) in [6.45, 7) is 16.9. The van der Waals surface area contributed by atoms with Gasteiger partial charge in [0.05, 0.1) is 0 Å². The first-order valence-electron chi connectivity index (χ1n) is 10.3. The molecule has 1 atom stereocenters. The van der Waals surface area contributed by atoms with E-state index >= 15 is 0 Å². The molecule has 0 bridgehead atoms. The van der Waals surface area contributed by atoms with Crippen LogP contribution in [0.15, 0.2) is 29.3 Å². The Morgan fingerprint density at radius 2 is 1.85 bits per heavy atom. The topological polar surface area (TPSA) is 48.9 Å². The summed E-state index contributed by atoms with van der Waals surface area (Å²) in [6, 6.07) is 8.55. The molecule has 0 saturated carbocycles. The van der Waals surface area contributed by atoms with Gasteiger partial charge in [-0.05, 0) is 66.2 Å². The van der Waals surface area contributed by atoms with Gasteiger partial charge in [-0.1, -0.05) is 32.0 Å². The highest BCUT2D eigenvalue weighted by molar-refractivity contribution is 5.79. The smallest absolute Gasteiger partial charge is 0.191 e. The average Bonchev–Trinajstić information content (AvgIpc) is 2.62. The van der Waals surface area contributed by atoms with Crippen molar-refractivity contribution in [3.8, 4) is 5.75 Å². The molecule has 0 aliphatic heterocycles. The van der Waals surface area contributed by atoms with Gasteiger partial charge in [0.15, 0.2) is 5.96 Å². The third kappa shape index (κ3) is 9.66. The Balaban J connectivity index is 2.51. The minimum Gasteiger partial charge on any atom is -0.488 e. The molecule has 0 fully saturated rings. The first kappa shape index (κ1) is 23.3. The predicted molar refractivity (Wildman–Crippen MR) is 117 cm³/mol. The summed E-state index contributed by atoms with van der Waals surface area (Å²) in [5.41, 5.74) is 0.916. The summed E-state index contributed by atoms with van der Waals surface area (Å²) in [6.07, 6.45) is 2.32. The molecular weight excluding hydrogens is 336 g/mol. The zero-order chi connectivity index (χ0) is 20.3. The number of para-hydroxylation sites is 1. The molecule has 0 aromatic heterocycles. The number of nitrogens with one attached hydrogen (secondary N) is 2. The Labute approximate surface area is 166 Å². The molecule has 0 aliphatic carbocycles. The van der Waals surface area contributed by atoms with Gasteiger partial charge in [-0.3, -0.25) is 4.99 Å². The Morgan fingerprint density at radius 1 is 1.19 bits per heavy atom. The highest BCUT2D eigenvalue weighted by Crippen LogP contribution is 2.22. The molecule has 1 aromatic rings. The highest BCUT2D eigenvalue weighted by atomic mass is 16.5. The predicted octanol–water partition coefficient (Wildman–Crippen LogP) is 4.04. The number of benzene rings is 1. The number of guanidine groups is 1. The quantitative estimate of drug-likeness (QED) is 0.478. The first-order valence-corrected chi connectivity index (χ1v) is 10.3. The minimum absolute atomic E-state index is 0.213. The van der Waals surface area contributed by atoms with Crippen LogP contribution in [0.25, 0.3) is 0 Å². The van der Waals surface area contributed by atoms with Gasteiger partial charge in [0.2, 0.25) is 0 Å². The second kappa shape index (κ2) is 11.9. The molecular formula is C22H40N4O. The molecule has 0 radical (unpaired) electrons. The van der Waals surface area contributed by atoms with Crippen LogP contribution in [0.1, 0.15) is 59.9 Å².